The third-order valence-electron chi connectivity index (χ3n) is 7.53. The molecule has 5 heteroatoms. The van der Waals surface area contributed by atoms with E-state index in [1.54, 1.807) is 0 Å². The summed E-state index contributed by atoms with van der Waals surface area (Å²) in [6.45, 7) is 9.96. The van der Waals surface area contributed by atoms with Crippen LogP contribution in [0.1, 0.15) is 72.1 Å². The van der Waals surface area contributed by atoms with Gasteiger partial charge in [0.1, 0.15) is 0 Å². The minimum Gasteiger partial charge on any atom is -0.494 e. The van der Waals surface area contributed by atoms with E-state index in [1.807, 2.05) is 42.5 Å². The lowest BCUT2D eigenvalue weighted by Gasteiger charge is -2.22. The zero-order valence-corrected chi connectivity index (χ0v) is 23.1. The molecular formula is C34H37N3O2. The average molecular weight is 520 g/mol. The number of H-pyrrole nitrogens is 1. The zero-order chi connectivity index (χ0) is 27.4. The van der Waals surface area contributed by atoms with Crippen LogP contribution in [0.5, 0.6) is 5.88 Å². The molecule has 3 aromatic carbocycles. The fourth-order valence-corrected chi connectivity index (χ4v) is 5.42. The van der Waals surface area contributed by atoms with Gasteiger partial charge in [-0.15, -0.1) is 0 Å². The third kappa shape index (κ3) is 5.59. The summed E-state index contributed by atoms with van der Waals surface area (Å²) in [6.07, 6.45) is 4.91. The smallest absolute Gasteiger partial charge is 0.280 e. The molecule has 0 bridgehead atoms. The molecule has 2 N–H and O–H groups in total. The number of aliphatic imine (C=N–C) groups is 1. The Morgan fingerprint density at radius 3 is 2.13 bits per heavy atom. The first-order chi connectivity index (χ1) is 19.0. The predicted molar refractivity (Wildman–Crippen MR) is 160 cm³/mol. The average Bonchev–Trinajstić information content (AvgIpc) is 3.48. The van der Waals surface area contributed by atoms with Crippen molar-refractivity contribution in [3.8, 4) is 28.3 Å². The van der Waals surface area contributed by atoms with Gasteiger partial charge in [-0.25, -0.2) is 4.99 Å². The third-order valence-corrected chi connectivity index (χ3v) is 7.53. The van der Waals surface area contributed by atoms with E-state index < -0.39 is 0 Å². The van der Waals surface area contributed by atoms with E-state index in [9.17, 15) is 9.90 Å². The zero-order valence-electron chi connectivity index (χ0n) is 23.1. The summed E-state index contributed by atoms with van der Waals surface area (Å²) >= 11 is 0. The van der Waals surface area contributed by atoms with Gasteiger partial charge in [-0.05, 0) is 60.7 Å². The minimum absolute atomic E-state index is 0.0316. The maximum Gasteiger partial charge on any atom is 0.280 e. The standard InChI is InChI=1S/C34H37N3O2/c1-4-6-19-37(20-7-5-2)22-24-13-18-28(23(3)21-24)25-14-16-27(17-15-25)32-30-29(33(38)36-32)31(35-34(30)39)26-11-9-8-10-12-26/h8-18,21,35,39H,4-7,19-20,22H2,1-3H3. The fourth-order valence-electron chi connectivity index (χ4n) is 5.42. The topological polar surface area (TPSA) is 68.7 Å². The van der Waals surface area contributed by atoms with Crippen LogP contribution in [-0.2, 0) is 6.54 Å². The number of amides is 1. The van der Waals surface area contributed by atoms with E-state index in [1.165, 1.54) is 42.4 Å². The lowest BCUT2D eigenvalue weighted by Crippen LogP contribution is -2.25. The number of carbonyl (C=O) groups is 1. The molecule has 1 amide bonds. The Balaban J connectivity index is 1.36. The maximum absolute atomic E-state index is 12.9. The lowest BCUT2D eigenvalue weighted by molar-refractivity contribution is 0.101. The van der Waals surface area contributed by atoms with Crippen molar-refractivity contribution < 1.29 is 9.90 Å². The first-order valence-corrected chi connectivity index (χ1v) is 14.1. The van der Waals surface area contributed by atoms with Gasteiger partial charge < -0.3 is 10.1 Å². The molecule has 5 rings (SSSR count). The molecule has 1 aromatic heterocycles. The molecule has 0 spiro atoms. The van der Waals surface area contributed by atoms with Crippen molar-refractivity contribution in [1.82, 2.24) is 9.88 Å². The quantitative estimate of drug-likeness (QED) is 0.213. The number of hydrogen-bond donors (Lipinski definition) is 2. The number of aromatic nitrogens is 1. The second-order valence-electron chi connectivity index (χ2n) is 10.4. The predicted octanol–water partition coefficient (Wildman–Crippen LogP) is 7.76. The highest BCUT2D eigenvalue weighted by Gasteiger charge is 2.33. The number of fused-ring (bicyclic) bond motifs is 1. The van der Waals surface area contributed by atoms with E-state index in [4.69, 9.17) is 0 Å². The summed E-state index contributed by atoms with van der Waals surface area (Å²) in [4.78, 5) is 22.8. The molecule has 0 fully saturated rings. The first-order valence-electron chi connectivity index (χ1n) is 14.1. The van der Waals surface area contributed by atoms with Gasteiger partial charge in [0.2, 0.25) is 0 Å². The number of nitrogens with zero attached hydrogens (tertiary/aromatic N) is 2. The fraction of sp³-hybridized carbons (Fsp3) is 0.294. The monoisotopic (exact) mass is 519 g/mol. The van der Waals surface area contributed by atoms with E-state index in [0.717, 1.165) is 36.3 Å². The summed E-state index contributed by atoms with van der Waals surface area (Å²) in [7, 11) is 0. The van der Waals surface area contributed by atoms with Gasteiger partial charge in [-0.1, -0.05) is 99.5 Å². The van der Waals surface area contributed by atoms with Crippen molar-refractivity contribution >= 4 is 11.6 Å². The van der Waals surface area contributed by atoms with Gasteiger partial charge >= 0.3 is 0 Å². The van der Waals surface area contributed by atoms with Crippen molar-refractivity contribution in [2.75, 3.05) is 13.1 Å². The van der Waals surface area contributed by atoms with Gasteiger partial charge in [0, 0.05) is 12.1 Å². The molecule has 0 unspecified atom stereocenters. The molecule has 0 atom stereocenters. The largest absolute Gasteiger partial charge is 0.494 e. The Labute approximate surface area is 231 Å². The Hall–Kier alpha value is -3.96. The van der Waals surface area contributed by atoms with Crippen LogP contribution in [0, 0.1) is 6.92 Å². The van der Waals surface area contributed by atoms with Gasteiger partial charge in [0.05, 0.1) is 22.5 Å². The van der Waals surface area contributed by atoms with Crippen molar-refractivity contribution in [1.29, 1.82) is 0 Å². The number of rotatable bonds is 11. The number of hydrogen-bond acceptors (Lipinski definition) is 3. The molecule has 1 aliphatic rings. The SMILES string of the molecule is CCCCN(CCCC)Cc1ccc(-c2ccc(C3=NC(=O)c4c(-c5ccccc5)[nH]c(O)c43)cc2)c(C)c1. The summed E-state index contributed by atoms with van der Waals surface area (Å²) in [5, 5.41) is 10.7. The number of nitrogens with one attached hydrogen (secondary N) is 1. The number of carbonyl (C=O) groups excluding carboxylic acids is 1. The molecule has 200 valence electrons. The highest BCUT2D eigenvalue weighted by molar-refractivity contribution is 6.30. The van der Waals surface area contributed by atoms with Crippen LogP contribution in [0.25, 0.3) is 22.4 Å². The van der Waals surface area contributed by atoms with Crippen LogP contribution < -0.4 is 0 Å². The molecule has 0 saturated carbocycles. The number of benzene rings is 3. The molecule has 39 heavy (non-hydrogen) atoms. The van der Waals surface area contributed by atoms with Gasteiger partial charge in [0.25, 0.3) is 5.91 Å². The molecule has 0 radical (unpaired) electrons. The number of aryl methyl sites for hydroxylation is 1. The van der Waals surface area contributed by atoms with Crippen LogP contribution in [-0.4, -0.2) is 39.7 Å². The van der Waals surface area contributed by atoms with Crippen molar-refractivity contribution in [2.45, 2.75) is 53.0 Å². The second-order valence-corrected chi connectivity index (χ2v) is 10.4. The Morgan fingerprint density at radius 1 is 0.821 bits per heavy atom. The molecule has 0 aliphatic carbocycles. The van der Waals surface area contributed by atoms with Gasteiger partial charge in [-0.3, -0.25) is 9.69 Å². The van der Waals surface area contributed by atoms with Crippen LogP contribution in [0.2, 0.25) is 0 Å². The Bertz CT molecular complexity index is 1480. The minimum atomic E-state index is -0.335. The number of unbranched alkanes of at least 4 members (excludes halogenated alkanes) is 2. The van der Waals surface area contributed by atoms with Crippen LogP contribution in [0.15, 0.2) is 77.8 Å². The number of aromatic amines is 1. The highest BCUT2D eigenvalue weighted by atomic mass is 16.3. The van der Waals surface area contributed by atoms with Crippen LogP contribution in [0.3, 0.4) is 0 Å². The Morgan fingerprint density at radius 2 is 1.49 bits per heavy atom. The second kappa shape index (κ2) is 11.8. The Kier molecular flexibility index (Phi) is 8.08. The van der Waals surface area contributed by atoms with E-state index in [-0.39, 0.29) is 11.8 Å². The highest BCUT2D eigenvalue weighted by Crippen LogP contribution is 2.38. The summed E-state index contributed by atoms with van der Waals surface area (Å²) in [5.74, 6) is -0.367. The summed E-state index contributed by atoms with van der Waals surface area (Å²) < 4.78 is 0. The van der Waals surface area contributed by atoms with E-state index >= 15 is 0 Å². The molecule has 0 saturated heterocycles. The molecule has 1 aliphatic heterocycles. The van der Waals surface area contributed by atoms with Crippen LogP contribution in [0.4, 0.5) is 0 Å². The number of aromatic hydroxyl groups is 1. The normalized spacial score (nSPS) is 12.7. The molecule has 2 heterocycles. The molecular weight excluding hydrogens is 482 g/mol. The van der Waals surface area contributed by atoms with E-state index in [0.29, 0.717) is 22.5 Å². The van der Waals surface area contributed by atoms with E-state index in [2.05, 4.69) is 66.0 Å². The van der Waals surface area contributed by atoms with Gasteiger partial charge in [-0.2, -0.15) is 0 Å². The lowest BCUT2D eigenvalue weighted by atomic mass is 9.95. The summed E-state index contributed by atoms with van der Waals surface area (Å²) in [5.41, 5.74) is 8.56. The van der Waals surface area contributed by atoms with Crippen molar-refractivity contribution in [2.24, 2.45) is 4.99 Å². The maximum atomic E-state index is 12.9. The van der Waals surface area contributed by atoms with Crippen molar-refractivity contribution in [3.05, 3.63) is 101 Å². The molecule has 5 nitrogen and oxygen atoms in total. The molecule has 4 aromatic rings. The summed E-state index contributed by atoms with van der Waals surface area (Å²) in [6, 6.07) is 24.4. The first kappa shape index (κ1) is 26.6. The van der Waals surface area contributed by atoms with Gasteiger partial charge in [0.15, 0.2) is 5.88 Å². The van der Waals surface area contributed by atoms with Crippen LogP contribution >= 0.6 is 0 Å². The van der Waals surface area contributed by atoms with Crippen molar-refractivity contribution in [3.63, 3.8) is 0 Å².